The van der Waals surface area contributed by atoms with Gasteiger partial charge in [0.25, 0.3) is 0 Å². The highest BCUT2D eigenvalue weighted by molar-refractivity contribution is 5.12. The minimum Gasteiger partial charge on any atom is -0.376 e. The number of hydrogen-bond donors (Lipinski definition) is 1. The average molecular weight is 139 g/mol. The predicted molar refractivity (Wildman–Crippen MR) is 37.5 cm³/mol. The molecule has 2 nitrogen and oxygen atoms in total. The summed E-state index contributed by atoms with van der Waals surface area (Å²) < 4.78 is 5.61. The van der Waals surface area contributed by atoms with Gasteiger partial charge in [0.1, 0.15) is 0 Å². The Morgan fingerprint density at radius 3 is 2.90 bits per heavy atom. The molecule has 2 N–H and O–H groups in total. The summed E-state index contributed by atoms with van der Waals surface area (Å²) in [6, 6.07) is 0. The second-order valence-corrected chi connectivity index (χ2v) is 4.23. The van der Waals surface area contributed by atoms with Gasteiger partial charge in [-0.25, -0.2) is 0 Å². The summed E-state index contributed by atoms with van der Waals surface area (Å²) in [4.78, 5) is 0. The topological polar surface area (TPSA) is 35.2 Å². The van der Waals surface area contributed by atoms with Crippen LogP contribution in [0.15, 0.2) is 0 Å². The first-order chi connectivity index (χ1) is 4.78. The van der Waals surface area contributed by atoms with Crippen LogP contribution < -0.4 is 5.73 Å². The van der Waals surface area contributed by atoms with Gasteiger partial charge < -0.3 is 10.5 Å². The minimum absolute atomic E-state index is 0.105. The van der Waals surface area contributed by atoms with E-state index < -0.39 is 0 Å². The zero-order chi connectivity index (χ0) is 6.77. The van der Waals surface area contributed by atoms with Gasteiger partial charge in [0, 0.05) is 11.5 Å². The largest absolute Gasteiger partial charge is 0.376 e. The Balaban J connectivity index is 2.05. The van der Waals surface area contributed by atoms with Crippen LogP contribution in [-0.4, -0.2) is 18.2 Å². The molecule has 56 valence electrons. The first-order valence-corrected chi connectivity index (χ1v) is 4.18. The Hall–Kier alpha value is -0.0800. The fraction of sp³-hybridized carbons (Fsp3) is 1.00. The van der Waals surface area contributed by atoms with E-state index in [0.717, 1.165) is 18.4 Å². The number of fused-ring (bicyclic) bond motifs is 1. The summed E-state index contributed by atoms with van der Waals surface area (Å²) >= 11 is 0. The lowest BCUT2D eigenvalue weighted by molar-refractivity contribution is 0.101. The van der Waals surface area contributed by atoms with Gasteiger partial charge in [0.05, 0.1) is 12.7 Å². The molecular formula is C8H13NO. The second kappa shape index (κ2) is 1.41. The van der Waals surface area contributed by atoms with E-state index in [0.29, 0.717) is 6.10 Å². The van der Waals surface area contributed by atoms with Crippen LogP contribution in [0.5, 0.6) is 0 Å². The summed E-state index contributed by atoms with van der Waals surface area (Å²) in [6.07, 6.45) is 4.42. The fourth-order valence-corrected chi connectivity index (χ4v) is 3.17. The summed E-state index contributed by atoms with van der Waals surface area (Å²) in [5, 5.41) is 0. The van der Waals surface area contributed by atoms with Crippen molar-refractivity contribution in [3.8, 4) is 0 Å². The highest BCUT2D eigenvalue weighted by Crippen LogP contribution is 2.54. The normalized spacial score (nSPS) is 63.9. The van der Waals surface area contributed by atoms with Gasteiger partial charge in [-0.3, -0.25) is 0 Å². The van der Waals surface area contributed by atoms with Gasteiger partial charge in [0.2, 0.25) is 0 Å². The first-order valence-electron chi connectivity index (χ1n) is 4.18. The Kier molecular flexibility index (Phi) is 0.783. The molecule has 0 amide bonds. The molecule has 4 atom stereocenters. The molecule has 0 aromatic carbocycles. The lowest BCUT2D eigenvalue weighted by Crippen LogP contribution is -2.45. The van der Waals surface area contributed by atoms with Crippen molar-refractivity contribution in [1.29, 1.82) is 0 Å². The van der Waals surface area contributed by atoms with E-state index >= 15 is 0 Å². The number of rotatable bonds is 0. The van der Waals surface area contributed by atoms with Crippen LogP contribution in [0.2, 0.25) is 0 Å². The minimum atomic E-state index is 0.105. The van der Waals surface area contributed by atoms with Crippen molar-refractivity contribution in [3.63, 3.8) is 0 Å². The second-order valence-electron chi connectivity index (χ2n) is 4.23. The van der Waals surface area contributed by atoms with E-state index in [1.165, 1.54) is 19.3 Å². The van der Waals surface area contributed by atoms with Gasteiger partial charge in [-0.05, 0) is 25.2 Å². The third-order valence-electron chi connectivity index (χ3n) is 3.57. The van der Waals surface area contributed by atoms with Crippen molar-refractivity contribution in [2.45, 2.75) is 30.9 Å². The van der Waals surface area contributed by atoms with Gasteiger partial charge in [-0.15, -0.1) is 0 Å². The van der Waals surface area contributed by atoms with E-state index in [-0.39, 0.29) is 5.54 Å². The lowest BCUT2D eigenvalue weighted by Gasteiger charge is -2.25. The molecule has 1 aliphatic heterocycles. The van der Waals surface area contributed by atoms with Crippen LogP contribution in [0.1, 0.15) is 19.3 Å². The zero-order valence-electron chi connectivity index (χ0n) is 6.05. The molecule has 2 heteroatoms. The van der Waals surface area contributed by atoms with Crippen LogP contribution in [0, 0.1) is 11.8 Å². The monoisotopic (exact) mass is 139 g/mol. The number of ether oxygens (including phenoxy) is 1. The molecule has 0 spiro atoms. The molecule has 0 unspecified atom stereocenters. The third-order valence-corrected chi connectivity index (χ3v) is 3.57. The van der Waals surface area contributed by atoms with Gasteiger partial charge in [-0.1, -0.05) is 0 Å². The van der Waals surface area contributed by atoms with Crippen LogP contribution in [0.3, 0.4) is 0 Å². The molecule has 1 heterocycles. The molecule has 1 saturated heterocycles. The fourth-order valence-electron chi connectivity index (χ4n) is 3.17. The van der Waals surface area contributed by atoms with Gasteiger partial charge in [-0.2, -0.15) is 0 Å². The summed E-state index contributed by atoms with van der Waals surface area (Å²) in [5.74, 6) is 1.62. The Labute approximate surface area is 60.7 Å². The molecular weight excluding hydrogens is 126 g/mol. The number of nitrogens with two attached hydrogens (primary N) is 1. The maximum Gasteiger partial charge on any atom is 0.0653 e. The molecule has 0 aromatic heterocycles. The SMILES string of the molecule is N[C@]12CO[C@H]3C[C@H](C[C@H]31)C2. The Morgan fingerprint density at radius 2 is 2.30 bits per heavy atom. The van der Waals surface area contributed by atoms with Crippen LogP contribution >= 0.6 is 0 Å². The maximum absolute atomic E-state index is 6.16. The van der Waals surface area contributed by atoms with E-state index in [1.54, 1.807) is 0 Å². The quantitative estimate of drug-likeness (QED) is 0.531. The van der Waals surface area contributed by atoms with Gasteiger partial charge in [0.15, 0.2) is 0 Å². The number of hydrogen-bond acceptors (Lipinski definition) is 2. The van der Waals surface area contributed by atoms with Crippen LogP contribution in [0.25, 0.3) is 0 Å². The maximum atomic E-state index is 6.16. The van der Waals surface area contributed by atoms with Gasteiger partial charge >= 0.3 is 0 Å². The highest BCUT2D eigenvalue weighted by Gasteiger charge is 2.58. The summed E-state index contributed by atoms with van der Waals surface area (Å²) in [7, 11) is 0. The first kappa shape index (κ1) is 5.56. The molecule has 3 rings (SSSR count). The van der Waals surface area contributed by atoms with Crippen molar-refractivity contribution in [1.82, 2.24) is 0 Å². The lowest BCUT2D eigenvalue weighted by atomic mass is 9.84. The summed E-state index contributed by atoms with van der Waals surface area (Å²) in [6.45, 7) is 0.832. The predicted octanol–water partition coefficient (Wildman–Crippen LogP) is 0.513. The van der Waals surface area contributed by atoms with E-state index in [2.05, 4.69) is 0 Å². The van der Waals surface area contributed by atoms with E-state index in [4.69, 9.17) is 10.5 Å². The molecule has 2 bridgehead atoms. The van der Waals surface area contributed by atoms with E-state index in [9.17, 15) is 0 Å². The van der Waals surface area contributed by atoms with Crippen LogP contribution in [0.4, 0.5) is 0 Å². The molecule has 0 aromatic rings. The van der Waals surface area contributed by atoms with Crippen molar-refractivity contribution >= 4 is 0 Å². The molecule has 10 heavy (non-hydrogen) atoms. The van der Waals surface area contributed by atoms with Crippen molar-refractivity contribution < 1.29 is 4.74 Å². The van der Waals surface area contributed by atoms with Crippen molar-refractivity contribution in [2.75, 3.05) is 6.61 Å². The van der Waals surface area contributed by atoms with Crippen molar-refractivity contribution in [2.24, 2.45) is 17.6 Å². The molecule has 0 radical (unpaired) electrons. The van der Waals surface area contributed by atoms with E-state index in [1.807, 2.05) is 0 Å². The standard InChI is InChI=1S/C8H13NO/c9-8-3-5-1-6(8)7(2-5)10-4-8/h5-7H,1-4,9H2/t5-,6+,7-,8+/m0/s1. The molecule has 2 saturated carbocycles. The van der Waals surface area contributed by atoms with Crippen molar-refractivity contribution in [3.05, 3.63) is 0 Å². The smallest absolute Gasteiger partial charge is 0.0653 e. The summed E-state index contributed by atoms with van der Waals surface area (Å²) in [5.41, 5.74) is 6.26. The Morgan fingerprint density at radius 1 is 1.40 bits per heavy atom. The van der Waals surface area contributed by atoms with Crippen LogP contribution in [-0.2, 0) is 4.74 Å². The zero-order valence-corrected chi connectivity index (χ0v) is 6.05. The average Bonchev–Trinajstić information content (AvgIpc) is 2.39. The molecule has 3 fully saturated rings. The molecule has 3 aliphatic rings. The molecule has 2 aliphatic carbocycles. The Bertz CT molecular complexity index is 182. The highest BCUT2D eigenvalue weighted by atomic mass is 16.5. The third kappa shape index (κ3) is 0.453.